The second kappa shape index (κ2) is 6.21. The largest absolute Gasteiger partial charge is 0.480 e. The molecule has 1 rings (SSSR count). The zero-order valence-electron chi connectivity index (χ0n) is 10.6. The van der Waals surface area contributed by atoms with Crippen LogP contribution in [0, 0.1) is 5.92 Å². The van der Waals surface area contributed by atoms with Gasteiger partial charge in [-0.3, -0.25) is 9.69 Å². The van der Waals surface area contributed by atoms with E-state index in [0.29, 0.717) is 0 Å². The third kappa shape index (κ3) is 3.46. The van der Waals surface area contributed by atoms with E-state index in [9.17, 15) is 9.90 Å². The van der Waals surface area contributed by atoms with E-state index in [0.717, 1.165) is 39.0 Å². The van der Waals surface area contributed by atoms with Gasteiger partial charge in [0.15, 0.2) is 0 Å². The van der Waals surface area contributed by atoms with Gasteiger partial charge in [-0.1, -0.05) is 20.3 Å². The zero-order chi connectivity index (χ0) is 12.1. The van der Waals surface area contributed by atoms with E-state index < -0.39 is 5.97 Å². The Bertz CT molecular complexity index is 225. The number of carboxylic acids is 1. The minimum Gasteiger partial charge on any atom is -0.480 e. The van der Waals surface area contributed by atoms with Crippen LogP contribution in [-0.2, 0) is 4.79 Å². The standard InChI is InChI=1S/C12H24N2O2/c1-4-5-10(2)11(12(15)16)14-8-6-13(3)7-9-14/h10-11H,4-9H2,1-3H3,(H,15,16). The molecule has 0 aromatic rings. The lowest BCUT2D eigenvalue weighted by molar-refractivity contribution is -0.146. The molecular formula is C12H24N2O2. The van der Waals surface area contributed by atoms with Gasteiger partial charge in [0.25, 0.3) is 0 Å². The molecule has 4 heteroatoms. The van der Waals surface area contributed by atoms with Crippen LogP contribution in [0.3, 0.4) is 0 Å². The summed E-state index contributed by atoms with van der Waals surface area (Å²) in [5.41, 5.74) is 0. The Labute approximate surface area is 98.2 Å². The van der Waals surface area contributed by atoms with Crippen LogP contribution >= 0.6 is 0 Å². The van der Waals surface area contributed by atoms with Crippen LogP contribution < -0.4 is 0 Å². The Balaban J connectivity index is 2.59. The molecule has 1 N–H and O–H groups in total. The third-order valence-electron chi connectivity index (χ3n) is 3.47. The molecule has 2 unspecified atom stereocenters. The highest BCUT2D eigenvalue weighted by Crippen LogP contribution is 2.18. The van der Waals surface area contributed by atoms with Crippen molar-refractivity contribution in [3.8, 4) is 0 Å². The lowest BCUT2D eigenvalue weighted by Gasteiger charge is -2.38. The Hall–Kier alpha value is -0.610. The number of hydrogen-bond donors (Lipinski definition) is 1. The van der Waals surface area contributed by atoms with Crippen molar-refractivity contribution < 1.29 is 9.90 Å². The van der Waals surface area contributed by atoms with Crippen molar-refractivity contribution in [1.29, 1.82) is 0 Å². The van der Waals surface area contributed by atoms with Gasteiger partial charge in [0.2, 0.25) is 0 Å². The fourth-order valence-corrected chi connectivity index (χ4v) is 2.47. The van der Waals surface area contributed by atoms with Crippen LogP contribution in [0.15, 0.2) is 0 Å². The first-order chi connectivity index (χ1) is 7.56. The second-order valence-corrected chi connectivity index (χ2v) is 4.89. The molecule has 0 spiro atoms. The molecule has 0 bridgehead atoms. The molecule has 0 aliphatic carbocycles. The van der Waals surface area contributed by atoms with E-state index in [1.807, 2.05) is 0 Å². The van der Waals surface area contributed by atoms with Gasteiger partial charge in [-0.25, -0.2) is 0 Å². The van der Waals surface area contributed by atoms with Crippen molar-refractivity contribution >= 4 is 5.97 Å². The maximum absolute atomic E-state index is 11.3. The predicted octanol–water partition coefficient (Wildman–Crippen LogP) is 1.12. The lowest BCUT2D eigenvalue weighted by Crippen LogP contribution is -2.53. The molecule has 1 aliphatic heterocycles. The SMILES string of the molecule is CCCC(C)C(C(=O)O)N1CCN(C)CC1. The second-order valence-electron chi connectivity index (χ2n) is 4.89. The highest BCUT2D eigenvalue weighted by atomic mass is 16.4. The molecule has 0 radical (unpaired) electrons. The molecule has 1 aliphatic rings. The topological polar surface area (TPSA) is 43.8 Å². The van der Waals surface area contributed by atoms with E-state index in [1.54, 1.807) is 0 Å². The van der Waals surface area contributed by atoms with Crippen molar-refractivity contribution in [3.63, 3.8) is 0 Å². The highest BCUT2D eigenvalue weighted by molar-refractivity contribution is 5.73. The Morgan fingerprint density at radius 2 is 1.88 bits per heavy atom. The number of piperazine rings is 1. The Morgan fingerprint density at radius 3 is 2.31 bits per heavy atom. The molecule has 2 atom stereocenters. The van der Waals surface area contributed by atoms with Gasteiger partial charge in [0.05, 0.1) is 0 Å². The molecule has 0 aromatic heterocycles. The molecule has 0 saturated carbocycles. The summed E-state index contributed by atoms with van der Waals surface area (Å²) >= 11 is 0. The third-order valence-corrected chi connectivity index (χ3v) is 3.47. The fourth-order valence-electron chi connectivity index (χ4n) is 2.47. The van der Waals surface area contributed by atoms with Gasteiger partial charge in [-0.15, -0.1) is 0 Å². The Morgan fingerprint density at radius 1 is 1.31 bits per heavy atom. The first-order valence-electron chi connectivity index (χ1n) is 6.21. The summed E-state index contributed by atoms with van der Waals surface area (Å²) in [6, 6.07) is -0.298. The maximum atomic E-state index is 11.3. The summed E-state index contributed by atoms with van der Waals surface area (Å²) in [6.07, 6.45) is 2.04. The van der Waals surface area contributed by atoms with E-state index >= 15 is 0 Å². The molecular weight excluding hydrogens is 204 g/mol. The molecule has 1 saturated heterocycles. The molecule has 4 nitrogen and oxygen atoms in total. The smallest absolute Gasteiger partial charge is 0.321 e. The van der Waals surface area contributed by atoms with Crippen molar-refractivity contribution in [2.24, 2.45) is 5.92 Å². The molecule has 94 valence electrons. The van der Waals surface area contributed by atoms with Crippen molar-refractivity contribution in [2.75, 3.05) is 33.2 Å². The van der Waals surface area contributed by atoms with Crippen molar-refractivity contribution in [2.45, 2.75) is 32.7 Å². The number of carbonyl (C=O) groups is 1. The summed E-state index contributed by atoms with van der Waals surface area (Å²) in [4.78, 5) is 15.7. The van der Waals surface area contributed by atoms with Crippen molar-refractivity contribution in [1.82, 2.24) is 9.80 Å². The molecule has 0 aromatic carbocycles. The number of aliphatic carboxylic acids is 1. The average Bonchev–Trinajstić information content (AvgIpc) is 2.21. The molecule has 16 heavy (non-hydrogen) atoms. The van der Waals surface area contributed by atoms with Gasteiger partial charge in [-0.05, 0) is 19.4 Å². The van der Waals surface area contributed by atoms with Crippen LogP contribution in [0.1, 0.15) is 26.7 Å². The van der Waals surface area contributed by atoms with E-state index in [-0.39, 0.29) is 12.0 Å². The highest BCUT2D eigenvalue weighted by Gasteiger charge is 2.31. The normalized spacial score (nSPS) is 22.9. The number of likely N-dealkylation sites (N-methyl/N-ethyl adjacent to an activating group) is 1. The monoisotopic (exact) mass is 228 g/mol. The minimum absolute atomic E-state index is 0.242. The van der Waals surface area contributed by atoms with E-state index in [1.165, 1.54) is 0 Å². The first kappa shape index (κ1) is 13.5. The Kier molecular flexibility index (Phi) is 5.22. The summed E-state index contributed by atoms with van der Waals surface area (Å²) in [5.74, 6) is -0.420. The van der Waals surface area contributed by atoms with Crippen LogP contribution in [0.4, 0.5) is 0 Å². The van der Waals surface area contributed by atoms with Gasteiger partial charge in [0, 0.05) is 26.2 Å². The average molecular weight is 228 g/mol. The fraction of sp³-hybridized carbons (Fsp3) is 0.917. The predicted molar refractivity (Wildman–Crippen MR) is 64.6 cm³/mol. The van der Waals surface area contributed by atoms with E-state index in [2.05, 4.69) is 30.7 Å². The van der Waals surface area contributed by atoms with Gasteiger partial charge in [-0.2, -0.15) is 0 Å². The van der Waals surface area contributed by atoms with Gasteiger partial charge < -0.3 is 10.0 Å². The first-order valence-corrected chi connectivity index (χ1v) is 6.21. The van der Waals surface area contributed by atoms with Crippen LogP contribution in [0.25, 0.3) is 0 Å². The summed E-state index contributed by atoms with van der Waals surface area (Å²) in [6.45, 7) is 7.87. The zero-order valence-corrected chi connectivity index (χ0v) is 10.6. The number of carboxylic acid groups (broad SMARTS) is 1. The van der Waals surface area contributed by atoms with Gasteiger partial charge in [0.1, 0.15) is 6.04 Å². The maximum Gasteiger partial charge on any atom is 0.321 e. The van der Waals surface area contributed by atoms with Crippen molar-refractivity contribution in [3.05, 3.63) is 0 Å². The number of nitrogens with zero attached hydrogens (tertiary/aromatic N) is 2. The number of hydrogen-bond acceptors (Lipinski definition) is 3. The summed E-state index contributed by atoms with van der Waals surface area (Å²) in [5, 5.41) is 9.33. The van der Waals surface area contributed by atoms with Crippen LogP contribution in [-0.4, -0.2) is 60.1 Å². The minimum atomic E-state index is -0.662. The molecule has 1 heterocycles. The van der Waals surface area contributed by atoms with Crippen LogP contribution in [0.5, 0.6) is 0 Å². The van der Waals surface area contributed by atoms with E-state index in [4.69, 9.17) is 0 Å². The van der Waals surface area contributed by atoms with Crippen LogP contribution in [0.2, 0.25) is 0 Å². The summed E-state index contributed by atoms with van der Waals surface area (Å²) in [7, 11) is 2.09. The quantitative estimate of drug-likeness (QED) is 0.766. The van der Waals surface area contributed by atoms with Gasteiger partial charge >= 0.3 is 5.97 Å². The molecule has 1 fully saturated rings. The molecule has 0 amide bonds. The number of rotatable bonds is 5. The lowest BCUT2D eigenvalue weighted by atomic mass is 9.95. The summed E-state index contributed by atoms with van der Waals surface area (Å²) < 4.78 is 0.